The van der Waals surface area contributed by atoms with Gasteiger partial charge < -0.3 is 5.32 Å². The van der Waals surface area contributed by atoms with E-state index >= 15 is 0 Å². The monoisotopic (exact) mass is 284 g/mol. The fourth-order valence-corrected chi connectivity index (χ4v) is 2.55. The standard InChI is InChI=1S/C14H24N2O2S/c1-4-5-11(2)10-16-12(3)13-6-8-14(9-7-13)19(15,17)18/h6-9,11-12,16H,4-5,10H2,1-3H3,(H2,15,17,18). The zero-order valence-electron chi connectivity index (χ0n) is 11.9. The van der Waals surface area contributed by atoms with Crippen LogP contribution < -0.4 is 10.5 Å². The van der Waals surface area contributed by atoms with E-state index in [-0.39, 0.29) is 10.9 Å². The topological polar surface area (TPSA) is 72.2 Å². The van der Waals surface area contributed by atoms with Crippen molar-refractivity contribution < 1.29 is 8.42 Å². The van der Waals surface area contributed by atoms with Crippen LogP contribution in [0.3, 0.4) is 0 Å². The number of nitrogens with two attached hydrogens (primary N) is 1. The third-order valence-electron chi connectivity index (χ3n) is 3.26. The summed E-state index contributed by atoms with van der Waals surface area (Å²) in [6.07, 6.45) is 2.41. The second-order valence-corrected chi connectivity index (χ2v) is 6.70. The second kappa shape index (κ2) is 7.03. The Balaban J connectivity index is 2.61. The summed E-state index contributed by atoms with van der Waals surface area (Å²) < 4.78 is 22.3. The van der Waals surface area contributed by atoms with Crippen molar-refractivity contribution in [1.82, 2.24) is 5.32 Å². The molecule has 0 aliphatic carbocycles. The zero-order chi connectivity index (χ0) is 14.5. The van der Waals surface area contributed by atoms with E-state index in [2.05, 4.69) is 26.1 Å². The molecule has 0 aromatic heterocycles. The van der Waals surface area contributed by atoms with Crippen LogP contribution in [0.25, 0.3) is 0 Å². The Bertz CT molecular complexity index is 483. The molecule has 4 nitrogen and oxygen atoms in total. The Morgan fingerprint density at radius 3 is 2.26 bits per heavy atom. The van der Waals surface area contributed by atoms with Crippen LogP contribution in [0.4, 0.5) is 0 Å². The maximum absolute atomic E-state index is 11.2. The summed E-state index contributed by atoms with van der Waals surface area (Å²) in [5, 5.41) is 8.53. The van der Waals surface area contributed by atoms with Crippen LogP contribution in [0.15, 0.2) is 29.2 Å². The molecule has 0 radical (unpaired) electrons. The molecule has 19 heavy (non-hydrogen) atoms. The zero-order valence-corrected chi connectivity index (χ0v) is 12.7. The van der Waals surface area contributed by atoms with Gasteiger partial charge in [-0.3, -0.25) is 0 Å². The largest absolute Gasteiger partial charge is 0.310 e. The number of benzene rings is 1. The summed E-state index contributed by atoms with van der Waals surface area (Å²) >= 11 is 0. The van der Waals surface area contributed by atoms with Gasteiger partial charge in [0, 0.05) is 6.04 Å². The normalized spacial score (nSPS) is 15.2. The molecule has 5 heteroatoms. The molecule has 1 aromatic carbocycles. The maximum Gasteiger partial charge on any atom is 0.238 e. The van der Waals surface area contributed by atoms with Crippen molar-refractivity contribution in [1.29, 1.82) is 0 Å². The molecule has 1 rings (SSSR count). The van der Waals surface area contributed by atoms with Gasteiger partial charge in [-0.25, -0.2) is 13.6 Å². The van der Waals surface area contributed by atoms with Gasteiger partial charge in [-0.05, 0) is 43.5 Å². The number of rotatable bonds is 7. The molecule has 0 spiro atoms. The number of primary sulfonamides is 1. The Kier molecular flexibility index (Phi) is 5.97. The number of hydrogen-bond donors (Lipinski definition) is 2. The van der Waals surface area contributed by atoms with E-state index in [9.17, 15) is 8.42 Å². The maximum atomic E-state index is 11.2. The quantitative estimate of drug-likeness (QED) is 0.807. The van der Waals surface area contributed by atoms with Crippen LogP contribution in [0.5, 0.6) is 0 Å². The molecule has 108 valence electrons. The minimum Gasteiger partial charge on any atom is -0.310 e. The predicted octanol–water partition coefficient (Wildman–Crippen LogP) is 2.42. The summed E-state index contributed by atoms with van der Waals surface area (Å²) in [6, 6.07) is 6.93. The number of sulfonamides is 1. The summed E-state index contributed by atoms with van der Waals surface area (Å²) in [7, 11) is -3.60. The summed E-state index contributed by atoms with van der Waals surface area (Å²) in [5.41, 5.74) is 1.07. The average molecular weight is 284 g/mol. The van der Waals surface area contributed by atoms with E-state index in [4.69, 9.17) is 5.14 Å². The van der Waals surface area contributed by atoms with Gasteiger partial charge in [-0.2, -0.15) is 0 Å². The van der Waals surface area contributed by atoms with E-state index in [1.165, 1.54) is 12.8 Å². The predicted molar refractivity (Wildman–Crippen MR) is 78.3 cm³/mol. The van der Waals surface area contributed by atoms with Crippen LogP contribution in [0.1, 0.15) is 45.2 Å². The highest BCUT2D eigenvalue weighted by molar-refractivity contribution is 7.89. The van der Waals surface area contributed by atoms with Crippen LogP contribution in [-0.2, 0) is 10.0 Å². The van der Waals surface area contributed by atoms with Gasteiger partial charge in [-0.15, -0.1) is 0 Å². The Morgan fingerprint density at radius 1 is 1.21 bits per heavy atom. The van der Waals surface area contributed by atoms with Crippen LogP contribution in [0.2, 0.25) is 0 Å². The van der Waals surface area contributed by atoms with Crippen molar-refractivity contribution in [2.24, 2.45) is 11.1 Å². The summed E-state index contributed by atoms with van der Waals surface area (Å²) in [4.78, 5) is 0.155. The highest BCUT2D eigenvalue weighted by Crippen LogP contribution is 2.16. The molecule has 0 aliphatic heterocycles. The smallest absolute Gasteiger partial charge is 0.238 e. The van der Waals surface area contributed by atoms with E-state index in [1.54, 1.807) is 12.1 Å². The lowest BCUT2D eigenvalue weighted by molar-refractivity contribution is 0.444. The van der Waals surface area contributed by atoms with Gasteiger partial charge in [-0.1, -0.05) is 32.4 Å². The lowest BCUT2D eigenvalue weighted by Gasteiger charge is -2.18. The number of nitrogens with one attached hydrogen (secondary N) is 1. The van der Waals surface area contributed by atoms with Crippen molar-refractivity contribution in [3.8, 4) is 0 Å². The van der Waals surface area contributed by atoms with Crippen molar-refractivity contribution in [3.05, 3.63) is 29.8 Å². The Morgan fingerprint density at radius 2 is 1.79 bits per heavy atom. The lowest BCUT2D eigenvalue weighted by atomic mass is 10.0. The molecule has 0 amide bonds. The first-order valence-electron chi connectivity index (χ1n) is 6.70. The average Bonchev–Trinajstić information content (AvgIpc) is 2.35. The Labute approximate surface area is 116 Å². The lowest BCUT2D eigenvalue weighted by Crippen LogP contribution is -2.24. The van der Waals surface area contributed by atoms with E-state index in [0.29, 0.717) is 5.92 Å². The van der Waals surface area contributed by atoms with Gasteiger partial charge in [0.2, 0.25) is 10.0 Å². The first kappa shape index (κ1) is 16.1. The van der Waals surface area contributed by atoms with Crippen molar-refractivity contribution in [2.45, 2.75) is 44.6 Å². The molecular formula is C14H24N2O2S. The van der Waals surface area contributed by atoms with E-state index < -0.39 is 10.0 Å². The van der Waals surface area contributed by atoms with Crippen LogP contribution in [-0.4, -0.2) is 15.0 Å². The van der Waals surface area contributed by atoms with Gasteiger partial charge >= 0.3 is 0 Å². The fraction of sp³-hybridized carbons (Fsp3) is 0.571. The molecule has 0 saturated carbocycles. The molecule has 2 unspecified atom stereocenters. The molecule has 0 heterocycles. The second-order valence-electron chi connectivity index (χ2n) is 5.14. The van der Waals surface area contributed by atoms with Crippen molar-refractivity contribution in [2.75, 3.05) is 6.54 Å². The number of hydrogen-bond acceptors (Lipinski definition) is 3. The molecule has 0 bridgehead atoms. The van der Waals surface area contributed by atoms with Gasteiger partial charge in [0.25, 0.3) is 0 Å². The highest BCUT2D eigenvalue weighted by atomic mass is 32.2. The SMILES string of the molecule is CCCC(C)CNC(C)c1ccc(S(N)(=O)=O)cc1. The molecular weight excluding hydrogens is 260 g/mol. The van der Waals surface area contributed by atoms with E-state index in [0.717, 1.165) is 12.1 Å². The fourth-order valence-electron chi connectivity index (χ4n) is 2.04. The molecule has 0 fully saturated rings. The molecule has 0 aliphatic rings. The first-order chi connectivity index (χ1) is 8.84. The van der Waals surface area contributed by atoms with Gasteiger partial charge in [0.1, 0.15) is 0 Å². The van der Waals surface area contributed by atoms with Crippen molar-refractivity contribution in [3.63, 3.8) is 0 Å². The van der Waals surface area contributed by atoms with Gasteiger partial charge in [0.05, 0.1) is 4.90 Å². The summed E-state index contributed by atoms with van der Waals surface area (Å²) in [5.74, 6) is 0.649. The third-order valence-corrected chi connectivity index (χ3v) is 4.19. The summed E-state index contributed by atoms with van der Waals surface area (Å²) in [6.45, 7) is 7.45. The van der Waals surface area contributed by atoms with E-state index in [1.807, 2.05) is 12.1 Å². The first-order valence-corrected chi connectivity index (χ1v) is 8.25. The molecule has 2 atom stereocenters. The highest BCUT2D eigenvalue weighted by Gasteiger charge is 2.10. The molecule has 3 N–H and O–H groups in total. The molecule has 1 aromatic rings. The van der Waals surface area contributed by atoms with Crippen molar-refractivity contribution >= 4 is 10.0 Å². The minimum absolute atomic E-state index is 0.155. The van der Waals surface area contributed by atoms with Gasteiger partial charge in [0.15, 0.2) is 0 Å². The minimum atomic E-state index is -3.60. The molecule has 0 saturated heterocycles. The third kappa shape index (κ3) is 5.30. The Hall–Kier alpha value is -0.910. The van der Waals surface area contributed by atoms with Crippen LogP contribution >= 0.6 is 0 Å². The van der Waals surface area contributed by atoms with Crippen LogP contribution in [0, 0.1) is 5.92 Å².